The lowest BCUT2D eigenvalue weighted by Crippen LogP contribution is -2.07. The monoisotopic (exact) mass is 792 g/mol. The van der Waals surface area contributed by atoms with E-state index in [9.17, 15) is 0 Å². The molecule has 6 aromatic rings. The molecule has 4 aromatic carbocycles. The number of hydrogen-bond donors (Lipinski definition) is 2. The Morgan fingerprint density at radius 3 is 1.74 bits per heavy atom. The second-order valence-corrected chi connectivity index (χ2v) is 18.4. The lowest BCUT2D eigenvalue weighted by Gasteiger charge is -2.18. The third kappa shape index (κ3) is 11.8. The van der Waals surface area contributed by atoms with E-state index in [1.807, 2.05) is 84.2 Å². The number of ether oxygens (including phenoxy) is 2. The molecule has 0 unspecified atom stereocenters. The molecule has 4 nitrogen and oxygen atoms in total. The molecule has 6 heteroatoms. The molecule has 0 saturated carbocycles. The van der Waals surface area contributed by atoms with E-state index in [0.29, 0.717) is 0 Å². The quantitative estimate of drug-likeness (QED) is 0.107. The molecule has 0 bridgehead atoms. The zero-order valence-electron chi connectivity index (χ0n) is 34.8. The number of methoxy groups -OCH3 is 2. The topological polar surface area (TPSA) is 70.5 Å². The van der Waals surface area contributed by atoms with Gasteiger partial charge in [-0.1, -0.05) is 102 Å². The highest BCUT2D eigenvalue weighted by atomic mass is 32.1. The smallest absolute Gasteiger partial charge is 0.118 e. The molecule has 0 aliphatic rings. The average Bonchev–Trinajstić information content (AvgIpc) is 3.88. The predicted octanol–water partition coefficient (Wildman–Crippen LogP) is 13.6. The molecular weight excluding hydrogens is 737 g/mol. The van der Waals surface area contributed by atoms with Crippen molar-refractivity contribution < 1.29 is 9.47 Å². The molecule has 0 amide bonds. The summed E-state index contributed by atoms with van der Waals surface area (Å²) in [7, 11) is 3.36. The maximum Gasteiger partial charge on any atom is 0.118 e. The van der Waals surface area contributed by atoms with Gasteiger partial charge in [0.2, 0.25) is 0 Å². The van der Waals surface area contributed by atoms with Crippen molar-refractivity contribution in [2.45, 2.75) is 66.7 Å². The van der Waals surface area contributed by atoms with Gasteiger partial charge < -0.3 is 20.9 Å². The summed E-state index contributed by atoms with van der Waals surface area (Å²) in [5, 5.41) is 0. The average molecular weight is 793 g/mol. The number of rotatable bonds is 10. The Morgan fingerprint density at radius 1 is 0.632 bits per heavy atom. The van der Waals surface area contributed by atoms with E-state index >= 15 is 0 Å². The first-order chi connectivity index (χ1) is 27.2. The summed E-state index contributed by atoms with van der Waals surface area (Å²) >= 11 is 3.76. The van der Waals surface area contributed by atoms with Crippen molar-refractivity contribution in [3.63, 3.8) is 0 Å². The Labute approximate surface area is 348 Å². The molecule has 2 heterocycles. The second-order valence-electron chi connectivity index (χ2n) is 16.1. The van der Waals surface area contributed by atoms with Crippen LogP contribution in [0, 0.1) is 17.3 Å². The van der Waals surface area contributed by atoms with Crippen molar-refractivity contribution in [1.82, 2.24) is 0 Å². The number of nitrogen functional groups attached to an aromatic ring is 2. The highest BCUT2D eigenvalue weighted by molar-refractivity contribution is 7.22. The van der Waals surface area contributed by atoms with E-state index in [-0.39, 0.29) is 10.8 Å². The van der Waals surface area contributed by atoms with Gasteiger partial charge in [-0.3, -0.25) is 0 Å². The van der Waals surface area contributed by atoms with Gasteiger partial charge in [0.25, 0.3) is 0 Å². The summed E-state index contributed by atoms with van der Waals surface area (Å²) in [6.45, 7) is 15.3. The Morgan fingerprint density at radius 2 is 1.19 bits per heavy atom. The van der Waals surface area contributed by atoms with Crippen LogP contribution in [0.3, 0.4) is 0 Å². The van der Waals surface area contributed by atoms with Crippen LogP contribution in [-0.4, -0.2) is 14.2 Å². The minimum Gasteiger partial charge on any atom is -0.497 e. The van der Waals surface area contributed by atoms with Gasteiger partial charge in [-0.15, -0.1) is 28.6 Å². The summed E-state index contributed by atoms with van der Waals surface area (Å²) in [4.78, 5) is 5.44. The maximum absolute atomic E-state index is 6.34. The van der Waals surface area contributed by atoms with Crippen molar-refractivity contribution in [3.8, 4) is 33.1 Å². The minimum atomic E-state index is 0.189. The molecular formula is C51H56N2O2S2. The van der Waals surface area contributed by atoms with Crippen LogP contribution in [0.25, 0.3) is 20.9 Å². The molecule has 0 aliphatic heterocycles. The largest absolute Gasteiger partial charge is 0.497 e. The number of para-hydroxylation sites is 1. The Balaban J connectivity index is 0.000000225. The lowest BCUT2D eigenvalue weighted by atomic mass is 9.87. The highest BCUT2D eigenvalue weighted by Gasteiger charge is 2.18. The van der Waals surface area contributed by atoms with Crippen LogP contribution in [0.4, 0.5) is 11.4 Å². The van der Waals surface area contributed by atoms with E-state index in [4.69, 9.17) is 20.9 Å². The summed E-state index contributed by atoms with van der Waals surface area (Å²) < 4.78 is 10.6. The fourth-order valence-corrected chi connectivity index (χ4v) is 8.29. The zero-order chi connectivity index (χ0) is 41.2. The third-order valence-electron chi connectivity index (χ3n) is 9.34. The summed E-state index contributed by atoms with van der Waals surface area (Å²) in [6, 6.07) is 39.3. The van der Waals surface area contributed by atoms with Gasteiger partial charge in [0.15, 0.2) is 0 Å². The van der Waals surface area contributed by atoms with E-state index in [2.05, 4.69) is 126 Å². The molecule has 2 aromatic heterocycles. The minimum absolute atomic E-state index is 0.189. The van der Waals surface area contributed by atoms with Gasteiger partial charge in [0.05, 0.1) is 14.2 Å². The van der Waals surface area contributed by atoms with Crippen LogP contribution >= 0.6 is 22.7 Å². The molecule has 0 fully saturated rings. The molecule has 57 heavy (non-hydrogen) atoms. The summed E-state index contributed by atoms with van der Waals surface area (Å²) in [5.74, 6) is 7.77. The van der Waals surface area contributed by atoms with Gasteiger partial charge in [-0.25, -0.2) is 0 Å². The van der Waals surface area contributed by atoms with E-state index < -0.39 is 0 Å². The van der Waals surface area contributed by atoms with Gasteiger partial charge in [-0.05, 0) is 119 Å². The molecule has 0 radical (unpaired) electrons. The van der Waals surface area contributed by atoms with Crippen molar-refractivity contribution in [1.29, 1.82) is 0 Å². The van der Waals surface area contributed by atoms with Crippen molar-refractivity contribution in [3.05, 3.63) is 165 Å². The first kappa shape index (κ1) is 42.7. The fraction of sp³-hybridized carbons (Fsp3) is 0.255. The Hall–Kier alpha value is -5.48. The standard InChI is InChI=1S/C28H29NOS2.C23H27NO/c1-28(2,3)27-18-17-26(32-27)25-16-14-21(31-25)13-15-22(23-7-5-6-8-24(23)29)19-9-11-20(30-4)12-10-19;1-6-7-17-8-13-22(24)21(16-17)20(14-15-23(2,3)4)18-9-11-19(25-5)12-10-18/h5-12,14-18H,13,29H2,1-4H3;8-14,16H,15,24H2,1-5H3/b22-15-;20-14-. The molecule has 0 atom stereocenters. The van der Waals surface area contributed by atoms with Gasteiger partial charge >= 0.3 is 0 Å². The lowest BCUT2D eigenvalue weighted by molar-refractivity contribution is 0.414. The van der Waals surface area contributed by atoms with Crippen molar-refractivity contribution >= 4 is 45.2 Å². The number of hydrogen-bond acceptors (Lipinski definition) is 6. The summed E-state index contributed by atoms with van der Waals surface area (Å²) in [6.07, 6.45) is 6.38. The van der Waals surface area contributed by atoms with Crippen LogP contribution in [0.1, 0.15) is 92.5 Å². The number of benzene rings is 4. The number of anilines is 2. The van der Waals surface area contributed by atoms with Gasteiger partial charge in [-0.2, -0.15) is 0 Å². The first-order valence-electron chi connectivity index (χ1n) is 19.2. The molecule has 0 spiro atoms. The van der Waals surface area contributed by atoms with Crippen molar-refractivity contribution in [2.75, 3.05) is 25.7 Å². The van der Waals surface area contributed by atoms with Gasteiger partial charge in [0, 0.05) is 54.0 Å². The highest BCUT2D eigenvalue weighted by Crippen LogP contribution is 2.39. The van der Waals surface area contributed by atoms with Crippen LogP contribution in [0.15, 0.2) is 127 Å². The Kier molecular flexibility index (Phi) is 14.3. The number of nitrogens with two attached hydrogens (primary N) is 2. The van der Waals surface area contributed by atoms with Crippen LogP contribution in [-0.2, 0) is 11.8 Å². The van der Waals surface area contributed by atoms with Crippen LogP contribution in [0.5, 0.6) is 11.5 Å². The van der Waals surface area contributed by atoms with E-state index in [0.717, 1.165) is 74.7 Å². The van der Waals surface area contributed by atoms with Crippen molar-refractivity contribution in [2.24, 2.45) is 5.41 Å². The Bertz CT molecular complexity index is 2370. The molecule has 6 rings (SSSR count). The van der Waals surface area contributed by atoms with Gasteiger partial charge in [0.1, 0.15) is 11.5 Å². The second kappa shape index (κ2) is 19.1. The van der Waals surface area contributed by atoms with Crippen LogP contribution in [0.2, 0.25) is 0 Å². The maximum atomic E-state index is 6.34. The van der Waals surface area contributed by atoms with E-state index in [1.165, 1.54) is 19.5 Å². The SMILES string of the molecule is CC#Cc1ccc(N)c(/C(=C\CC(C)(C)C)c2ccc(OC)cc2)c1.COc1ccc(/C(=C/Cc2ccc(-c3ccc(C(C)(C)C)s3)s2)c2ccccc2N)cc1. The normalized spacial score (nSPS) is 11.9. The summed E-state index contributed by atoms with van der Waals surface area (Å²) in [5.41, 5.74) is 22.2. The number of allylic oxidation sites excluding steroid dienone is 2. The van der Waals surface area contributed by atoms with E-state index in [1.54, 1.807) is 14.2 Å². The molecule has 4 N–H and O–H groups in total. The third-order valence-corrected chi connectivity index (χ3v) is 12.2. The molecule has 0 saturated heterocycles. The predicted molar refractivity (Wildman–Crippen MR) is 249 cm³/mol. The van der Waals surface area contributed by atoms with Crippen LogP contribution < -0.4 is 20.9 Å². The molecule has 294 valence electrons. The molecule has 0 aliphatic carbocycles. The fourth-order valence-electron chi connectivity index (χ4n) is 6.17. The zero-order valence-corrected chi connectivity index (χ0v) is 36.5. The first-order valence-corrected chi connectivity index (χ1v) is 20.9. The number of thiophene rings is 2.